The fourth-order valence-corrected chi connectivity index (χ4v) is 5.69. The third-order valence-corrected chi connectivity index (χ3v) is 7.65. The van der Waals surface area contributed by atoms with Crippen molar-refractivity contribution in [3.63, 3.8) is 0 Å². The van der Waals surface area contributed by atoms with E-state index in [1.807, 2.05) is 0 Å². The molecule has 0 spiro atoms. The summed E-state index contributed by atoms with van der Waals surface area (Å²) in [5.41, 5.74) is 2.59. The first-order valence-electron chi connectivity index (χ1n) is 7.74. The largest absolute Gasteiger partial charge is 0.269 e. The summed E-state index contributed by atoms with van der Waals surface area (Å²) in [5, 5.41) is 7.42. The van der Waals surface area contributed by atoms with Gasteiger partial charge in [-0.3, -0.25) is 0 Å². The van der Waals surface area contributed by atoms with Gasteiger partial charge in [-0.2, -0.15) is 4.98 Å². The number of aromatic nitrogens is 3. The first kappa shape index (κ1) is 18.4. The summed E-state index contributed by atoms with van der Waals surface area (Å²) >= 11 is 12.2. The van der Waals surface area contributed by atoms with Gasteiger partial charge in [-0.05, 0) is 23.8 Å². The summed E-state index contributed by atoms with van der Waals surface area (Å²) in [6.45, 7) is 0. The van der Waals surface area contributed by atoms with Gasteiger partial charge in [-0.25, -0.2) is 17.4 Å². The fraction of sp³-hybridized carbons (Fsp3) is 0.0588. The Balaban J connectivity index is 1.93. The monoisotopic (exact) mass is 439 g/mol. The van der Waals surface area contributed by atoms with Crippen molar-refractivity contribution >= 4 is 54.9 Å². The molecule has 1 unspecified atom stereocenters. The second kappa shape index (κ2) is 6.88. The average molecular weight is 440 g/mol. The lowest BCUT2D eigenvalue weighted by Crippen LogP contribution is -2.12. The van der Waals surface area contributed by atoms with Crippen LogP contribution >= 0.6 is 33.9 Å². The van der Waals surface area contributed by atoms with E-state index in [-0.39, 0.29) is 4.90 Å². The minimum absolute atomic E-state index is 0.172. The summed E-state index contributed by atoms with van der Waals surface area (Å²) in [6.07, 6.45) is 3.32. The first-order valence-corrected chi connectivity index (χ1v) is 11.3. The molecule has 0 radical (unpaired) electrons. The number of nitrogens with two attached hydrogens (primary N) is 1. The van der Waals surface area contributed by atoms with E-state index in [2.05, 4.69) is 9.97 Å². The third-order valence-electron chi connectivity index (χ3n) is 4.11. The van der Waals surface area contributed by atoms with Crippen molar-refractivity contribution in [2.45, 2.75) is 11.3 Å². The molecule has 4 rings (SSSR count). The molecule has 138 valence electrons. The molecular weight excluding hydrogens is 427 g/mol. The van der Waals surface area contributed by atoms with Crippen LogP contribution in [0.3, 0.4) is 0 Å². The van der Waals surface area contributed by atoms with Gasteiger partial charge < -0.3 is 0 Å². The van der Waals surface area contributed by atoms with Crippen molar-refractivity contribution in [1.82, 2.24) is 13.9 Å². The number of nitrogens with zero attached hydrogens (tertiary/aromatic N) is 3. The van der Waals surface area contributed by atoms with Crippen molar-refractivity contribution in [3.05, 3.63) is 74.9 Å². The van der Waals surface area contributed by atoms with Crippen LogP contribution in [-0.2, 0) is 16.4 Å². The minimum Gasteiger partial charge on any atom is -0.236 e. The number of hydrogen-bond donors (Lipinski definition) is 1. The minimum atomic E-state index is -3.82. The molecule has 6 nitrogen and oxygen atoms in total. The number of fused-ring (bicyclic) bond motifs is 1. The molecule has 3 aromatic heterocycles. The fourth-order valence-electron chi connectivity index (χ4n) is 2.81. The standard InChI is InChI=1S/C17H13Cl2N4O2S2/c18-12-7-14-11(6-15-16(19)22-10-26(15)20)9-23(17(14)21-8-12)27(24,25)13-4-2-1-3-5-13/h1-5,7-10H,6,20H2/q+1. The maximum atomic E-state index is 13.1. The SMILES string of the molecule is N[s+]1cnc(Cl)c1Cc1cn(S(=O)(=O)c2ccccc2)c2ncc(Cl)cc12. The van der Waals surface area contributed by atoms with Crippen LogP contribution in [0, 0.1) is 0 Å². The number of thiazole rings is 1. The number of hydrogen-bond acceptors (Lipinski definition) is 5. The maximum Gasteiger partial charge on any atom is 0.269 e. The molecule has 27 heavy (non-hydrogen) atoms. The highest BCUT2D eigenvalue weighted by atomic mass is 35.5. The summed E-state index contributed by atoms with van der Waals surface area (Å²) in [4.78, 5) is 9.20. The van der Waals surface area contributed by atoms with Gasteiger partial charge in [0.1, 0.15) is 0 Å². The second-order valence-electron chi connectivity index (χ2n) is 5.79. The number of rotatable bonds is 4. The second-order valence-corrected chi connectivity index (χ2v) is 9.85. The highest BCUT2D eigenvalue weighted by Crippen LogP contribution is 2.32. The Hall–Kier alpha value is -1.97. The number of halogens is 2. The topological polar surface area (TPSA) is 90.9 Å². The number of nitrogen functional groups attached to an aromatic ring is 1. The molecule has 0 aliphatic carbocycles. The van der Waals surface area contributed by atoms with E-state index in [9.17, 15) is 8.42 Å². The van der Waals surface area contributed by atoms with Crippen molar-refractivity contribution in [1.29, 1.82) is 0 Å². The zero-order valence-corrected chi connectivity index (χ0v) is 16.9. The van der Waals surface area contributed by atoms with Crippen LogP contribution in [0.2, 0.25) is 10.2 Å². The first-order chi connectivity index (χ1) is 12.9. The van der Waals surface area contributed by atoms with Crippen molar-refractivity contribution in [3.8, 4) is 0 Å². The van der Waals surface area contributed by atoms with Gasteiger partial charge in [-0.1, -0.05) is 41.4 Å². The zero-order valence-electron chi connectivity index (χ0n) is 13.7. The molecule has 0 fully saturated rings. The van der Waals surface area contributed by atoms with E-state index in [0.717, 1.165) is 4.88 Å². The van der Waals surface area contributed by atoms with Crippen LogP contribution in [-0.4, -0.2) is 22.4 Å². The predicted molar refractivity (Wildman–Crippen MR) is 108 cm³/mol. The Morgan fingerprint density at radius 1 is 1.15 bits per heavy atom. The van der Waals surface area contributed by atoms with E-state index < -0.39 is 20.7 Å². The van der Waals surface area contributed by atoms with E-state index >= 15 is 0 Å². The van der Waals surface area contributed by atoms with Crippen LogP contribution in [0.15, 0.2) is 59.2 Å². The average Bonchev–Trinajstić information content (AvgIpc) is 3.18. The quantitative estimate of drug-likeness (QED) is 0.484. The Morgan fingerprint density at radius 3 is 2.56 bits per heavy atom. The number of pyridine rings is 1. The molecular formula is C17H13Cl2N4O2S2+. The van der Waals surface area contributed by atoms with E-state index in [4.69, 9.17) is 28.3 Å². The van der Waals surface area contributed by atoms with Crippen molar-refractivity contribution in [2.75, 3.05) is 5.14 Å². The molecule has 2 N–H and O–H groups in total. The van der Waals surface area contributed by atoms with Crippen LogP contribution in [0.5, 0.6) is 0 Å². The molecule has 0 saturated heterocycles. The van der Waals surface area contributed by atoms with Crippen LogP contribution in [0.25, 0.3) is 11.0 Å². The summed E-state index contributed by atoms with van der Waals surface area (Å²) in [6, 6.07) is 9.87. The zero-order chi connectivity index (χ0) is 19.2. The van der Waals surface area contributed by atoms with Gasteiger partial charge in [-0.15, -0.1) is 5.14 Å². The lowest BCUT2D eigenvalue weighted by molar-refractivity contribution is 0.588. The summed E-state index contributed by atoms with van der Waals surface area (Å²) in [5.74, 6) is 0. The van der Waals surface area contributed by atoms with Gasteiger partial charge in [0.15, 0.2) is 10.8 Å². The molecule has 1 atom stereocenters. The van der Waals surface area contributed by atoms with Gasteiger partial charge >= 0.3 is 0 Å². The summed E-state index contributed by atoms with van der Waals surface area (Å²) < 4.78 is 27.4. The molecule has 0 saturated carbocycles. The van der Waals surface area contributed by atoms with Crippen LogP contribution in [0.4, 0.5) is 0 Å². The lowest BCUT2D eigenvalue weighted by atomic mass is 10.1. The molecule has 0 aliphatic heterocycles. The normalized spacial score (nSPS) is 12.6. The maximum absolute atomic E-state index is 13.1. The molecule has 4 aromatic rings. The Bertz CT molecular complexity index is 1230. The van der Waals surface area contributed by atoms with Gasteiger partial charge in [0, 0.05) is 17.8 Å². The Kier molecular flexibility index (Phi) is 4.69. The van der Waals surface area contributed by atoms with Crippen LogP contribution < -0.4 is 5.14 Å². The van der Waals surface area contributed by atoms with Gasteiger partial charge in [0.05, 0.1) is 27.0 Å². The molecule has 0 aliphatic rings. The Morgan fingerprint density at radius 2 is 1.89 bits per heavy atom. The number of benzene rings is 1. The molecule has 10 heteroatoms. The van der Waals surface area contributed by atoms with Crippen LogP contribution in [0.1, 0.15) is 10.4 Å². The molecule has 0 amide bonds. The third kappa shape index (κ3) is 3.24. The predicted octanol–water partition coefficient (Wildman–Crippen LogP) is 4.03. The molecule has 1 aromatic carbocycles. The van der Waals surface area contributed by atoms with E-state index in [0.29, 0.717) is 33.2 Å². The van der Waals surface area contributed by atoms with E-state index in [1.54, 1.807) is 36.0 Å². The van der Waals surface area contributed by atoms with E-state index in [1.165, 1.54) is 22.3 Å². The van der Waals surface area contributed by atoms with Gasteiger partial charge in [0.2, 0.25) is 4.88 Å². The molecule has 0 bridgehead atoms. The smallest absolute Gasteiger partial charge is 0.236 e. The van der Waals surface area contributed by atoms with Gasteiger partial charge in [0.25, 0.3) is 15.5 Å². The highest BCUT2D eigenvalue weighted by Gasteiger charge is 2.25. The van der Waals surface area contributed by atoms with Crippen molar-refractivity contribution < 1.29 is 8.42 Å². The molecule has 3 heterocycles. The Labute approximate surface area is 168 Å². The van der Waals surface area contributed by atoms with Crippen molar-refractivity contribution in [2.24, 2.45) is 0 Å². The summed E-state index contributed by atoms with van der Waals surface area (Å²) in [7, 11) is -4.51. The lowest BCUT2D eigenvalue weighted by Gasteiger charge is -2.06. The highest BCUT2D eigenvalue weighted by molar-refractivity contribution is 7.90.